The van der Waals surface area contributed by atoms with Crippen LogP contribution < -0.4 is 5.32 Å². The molecule has 2 N–H and O–H groups in total. The van der Waals surface area contributed by atoms with Crippen molar-refractivity contribution in [3.8, 4) is 0 Å². The summed E-state index contributed by atoms with van der Waals surface area (Å²) in [5.74, 6) is 1.96. The molecule has 1 amide bonds. The number of piperidine rings is 1. The molecule has 2 heterocycles. The lowest BCUT2D eigenvalue weighted by Gasteiger charge is -2.37. The number of nitrogens with one attached hydrogen (secondary N) is 2. The molecule has 1 aromatic carbocycles. The molecule has 0 bridgehead atoms. The van der Waals surface area contributed by atoms with Gasteiger partial charge in [-0.15, -0.1) is 0 Å². The Morgan fingerprint density at radius 2 is 2.08 bits per heavy atom. The van der Waals surface area contributed by atoms with Crippen LogP contribution in [-0.2, 0) is 4.79 Å². The average molecular weight is 327 g/mol. The second-order valence-corrected chi connectivity index (χ2v) is 6.99. The zero-order valence-corrected chi connectivity index (χ0v) is 14.5. The Balaban J connectivity index is 1.69. The van der Waals surface area contributed by atoms with Crippen LogP contribution in [-0.4, -0.2) is 44.6 Å². The van der Waals surface area contributed by atoms with Crippen LogP contribution in [0.4, 0.5) is 5.69 Å². The number of carbonyl (C=O) groups is 1. The molecule has 1 aliphatic rings. The van der Waals surface area contributed by atoms with Crippen molar-refractivity contribution in [3.63, 3.8) is 0 Å². The maximum atomic E-state index is 13.0. The van der Waals surface area contributed by atoms with Crippen molar-refractivity contribution in [1.82, 2.24) is 20.1 Å². The van der Waals surface area contributed by atoms with E-state index >= 15 is 0 Å². The molecule has 1 aliphatic heterocycles. The minimum absolute atomic E-state index is 0.114. The monoisotopic (exact) mass is 327 g/mol. The van der Waals surface area contributed by atoms with Gasteiger partial charge in [0.25, 0.3) is 0 Å². The third-order valence-corrected chi connectivity index (χ3v) is 4.45. The number of aromatic amines is 1. The highest BCUT2D eigenvalue weighted by atomic mass is 16.2. The van der Waals surface area contributed by atoms with Gasteiger partial charge in [0, 0.05) is 24.7 Å². The summed E-state index contributed by atoms with van der Waals surface area (Å²) in [6.45, 7) is 7.23. The second kappa shape index (κ2) is 6.63. The largest absolute Gasteiger partial charge is 0.372 e. The van der Waals surface area contributed by atoms with Crippen molar-refractivity contribution >= 4 is 11.6 Å². The van der Waals surface area contributed by atoms with Gasteiger partial charge in [-0.25, -0.2) is 4.98 Å². The summed E-state index contributed by atoms with van der Waals surface area (Å²) >= 11 is 0. The summed E-state index contributed by atoms with van der Waals surface area (Å²) in [5.41, 5.74) is 0.298. The number of likely N-dealkylation sites (tertiary alicyclic amines) is 1. The molecule has 1 fully saturated rings. The zero-order chi connectivity index (χ0) is 17.2. The third kappa shape index (κ3) is 3.58. The Labute approximate surface area is 142 Å². The fourth-order valence-corrected chi connectivity index (χ4v) is 3.25. The molecule has 0 saturated carbocycles. The number of hydrogen-bond donors (Lipinski definition) is 2. The summed E-state index contributed by atoms with van der Waals surface area (Å²) in [5, 5.41) is 10.5. The van der Waals surface area contributed by atoms with Crippen LogP contribution in [0.25, 0.3) is 0 Å². The second-order valence-electron chi connectivity index (χ2n) is 6.99. The predicted molar refractivity (Wildman–Crippen MR) is 93.8 cm³/mol. The summed E-state index contributed by atoms with van der Waals surface area (Å²) in [4.78, 5) is 19.4. The molecule has 1 saturated heterocycles. The van der Waals surface area contributed by atoms with Gasteiger partial charge in [-0.1, -0.05) is 18.2 Å². The first kappa shape index (κ1) is 16.5. The number of hydrogen-bond acceptors (Lipinski definition) is 4. The molecule has 6 heteroatoms. The van der Waals surface area contributed by atoms with Gasteiger partial charge in [-0.05, 0) is 45.7 Å². The molecule has 0 unspecified atom stereocenters. The van der Waals surface area contributed by atoms with Crippen molar-refractivity contribution in [2.45, 2.75) is 45.1 Å². The van der Waals surface area contributed by atoms with Gasteiger partial charge in [-0.2, -0.15) is 5.10 Å². The molecule has 1 aromatic heterocycles. The summed E-state index contributed by atoms with van der Waals surface area (Å²) in [7, 11) is 0. The van der Waals surface area contributed by atoms with Gasteiger partial charge in [0.2, 0.25) is 5.91 Å². The Bertz CT molecular complexity index is 694. The maximum absolute atomic E-state index is 13.0. The van der Waals surface area contributed by atoms with E-state index in [0.717, 1.165) is 36.7 Å². The van der Waals surface area contributed by atoms with E-state index < -0.39 is 5.54 Å². The zero-order valence-electron chi connectivity index (χ0n) is 14.5. The van der Waals surface area contributed by atoms with E-state index in [0.29, 0.717) is 6.54 Å². The maximum Gasteiger partial charge on any atom is 0.247 e. The topological polar surface area (TPSA) is 73.9 Å². The molecule has 128 valence electrons. The van der Waals surface area contributed by atoms with E-state index in [9.17, 15) is 4.79 Å². The van der Waals surface area contributed by atoms with E-state index in [1.54, 1.807) is 0 Å². The number of para-hydroxylation sites is 1. The molecule has 24 heavy (non-hydrogen) atoms. The molecule has 0 spiro atoms. The lowest BCUT2D eigenvalue weighted by atomic mass is 9.94. The highest BCUT2D eigenvalue weighted by Crippen LogP contribution is 2.27. The van der Waals surface area contributed by atoms with Gasteiger partial charge in [-0.3, -0.25) is 9.89 Å². The van der Waals surface area contributed by atoms with E-state index in [2.05, 4.69) is 20.5 Å². The van der Waals surface area contributed by atoms with Gasteiger partial charge in [0.15, 0.2) is 5.82 Å². The van der Waals surface area contributed by atoms with E-state index in [1.807, 2.05) is 56.0 Å². The molecular weight excluding hydrogens is 302 g/mol. The predicted octanol–water partition coefficient (Wildman–Crippen LogP) is 2.71. The van der Waals surface area contributed by atoms with Gasteiger partial charge < -0.3 is 10.2 Å². The first-order valence-electron chi connectivity index (χ1n) is 8.47. The van der Waals surface area contributed by atoms with E-state index in [1.165, 1.54) is 0 Å². The van der Waals surface area contributed by atoms with E-state index in [-0.39, 0.29) is 11.8 Å². The third-order valence-electron chi connectivity index (χ3n) is 4.45. The lowest BCUT2D eigenvalue weighted by molar-refractivity contribution is -0.136. The number of aryl methyl sites for hydroxylation is 1. The number of nitrogens with zero attached hydrogens (tertiary/aromatic N) is 3. The lowest BCUT2D eigenvalue weighted by Crippen LogP contribution is -2.52. The standard InChI is InChI=1S/C18H25N5O/c1-13-19-16(22-21-13)14-8-7-11-23(12-14)17(24)18(2,3)20-15-9-5-4-6-10-15/h4-6,9-10,14,20H,7-8,11-12H2,1-3H3,(H,19,21,22)/t14-/m0/s1. The van der Waals surface area contributed by atoms with E-state index in [4.69, 9.17) is 0 Å². The number of amides is 1. The highest BCUT2D eigenvalue weighted by molar-refractivity contribution is 5.88. The fraction of sp³-hybridized carbons (Fsp3) is 0.500. The molecule has 6 nitrogen and oxygen atoms in total. The minimum atomic E-state index is -0.655. The van der Waals surface area contributed by atoms with Gasteiger partial charge in [0.05, 0.1) is 0 Å². The van der Waals surface area contributed by atoms with Crippen molar-refractivity contribution in [2.24, 2.45) is 0 Å². The summed E-state index contributed by atoms with van der Waals surface area (Å²) in [6, 6.07) is 9.85. The smallest absolute Gasteiger partial charge is 0.247 e. The molecule has 2 aromatic rings. The summed E-state index contributed by atoms with van der Waals surface area (Å²) < 4.78 is 0. The first-order valence-corrected chi connectivity index (χ1v) is 8.47. The van der Waals surface area contributed by atoms with Crippen molar-refractivity contribution < 1.29 is 4.79 Å². The van der Waals surface area contributed by atoms with Crippen LogP contribution in [0.2, 0.25) is 0 Å². The van der Waals surface area contributed by atoms with Crippen LogP contribution in [0.5, 0.6) is 0 Å². The van der Waals surface area contributed by atoms with Crippen LogP contribution >= 0.6 is 0 Å². The number of carbonyl (C=O) groups excluding carboxylic acids is 1. The number of rotatable bonds is 4. The molecular formula is C18H25N5O. The highest BCUT2D eigenvalue weighted by Gasteiger charge is 2.35. The van der Waals surface area contributed by atoms with Crippen molar-refractivity contribution in [1.29, 1.82) is 0 Å². The van der Waals surface area contributed by atoms with Crippen LogP contribution in [0.15, 0.2) is 30.3 Å². The van der Waals surface area contributed by atoms with Crippen molar-refractivity contribution in [2.75, 3.05) is 18.4 Å². The normalized spacial score (nSPS) is 18.5. The van der Waals surface area contributed by atoms with Crippen LogP contribution in [0, 0.1) is 6.92 Å². The summed E-state index contributed by atoms with van der Waals surface area (Å²) in [6.07, 6.45) is 2.00. The number of H-pyrrole nitrogens is 1. The molecule has 1 atom stereocenters. The van der Waals surface area contributed by atoms with Crippen LogP contribution in [0.1, 0.15) is 44.3 Å². The van der Waals surface area contributed by atoms with Gasteiger partial charge in [0.1, 0.15) is 11.4 Å². The quantitative estimate of drug-likeness (QED) is 0.905. The minimum Gasteiger partial charge on any atom is -0.372 e. The SMILES string of the molecule is Cc1nc([C@H]2CCCN(C(=O)C(C)(C)Nc3ccccc3)C2)n[nH]1. The average Bonchev–Trinajstić information content (AvgIpc) is 3.01. The van der Waals surface area contributed by atoms with Crippen molar-refractivity contribution in [3.05, 3.63) is 42.0 Å². The Hall–Kier alpha value is -2.37. The van der Waals surface area contributed by atoms with Gasteiger partial charge >= 0.3 is 0 Å². The Morgan fingerprint density at radius 3 is 2.75 bits per heavy atom. The Morgan fingerprint density at radius 1 is 1.33 bits per heavy atom. The molecule has 0 aliphatic carbocycles. The Kier molecular flexibility index (Phi) is 4.55. The number of benzene rings is 1. The number of aromatic nitrogens is 3. The molecule has 3 rings (SSSR count). The first-order chi connectivity index (χ1) is 11.5. The fourth-order valence-electron chi connectivity index (χ4n) is 3.25. The number of anilines is 1. The molecule has 0 radical (unpaired) electrons. The van der Waals surface area contributed by atoms with Crippen LogP contribution in [0.3, 0.4) is 0 Å².